The van der Waals surface area contributed by atoms with Gasteiger partial charge < -0.3 is 4.42 Å². The van der Waals surface area contributed by atoms with Crippen LogP contribution in [0.4, 0.5) is 0 Å². The summed E-state index contributed by atoms with van der Waals surface area (Å²) in [5.41, 5.74) is 5.38. The van der Waals surface area contributed by atoms with Crippen molar-refractivity contribution in [2.45, 2.75) is 6.92 Å². The number of imidazole rings is 1. The first-order valence-corrected chi connectivity index (χ1v) is 8.11. The Balaban J connectivity index is 2.00. The number of benzene rings is 3. The smallest absolute Gasteiger partial charge is 0.336 e. The van der Waals surface area contributed by atoms with Crippen molar-refractivity contribution in [1.29, 1.82) is 0 Å². The highest BCUT2D eigenvalue weighted by molar-refractivity contribution is 5.97. The van der Waals surface area contributed by atoms with E-state index in [0.29, 0.717) is 0 Å². The summed E-state index contributed by atoms with van der Waals surface area (Å²) in [7, 11) is 2.08. The third kappa shape index (κ3) is 1.69. The van der Waals surface area contributed by atoms with Gasteiger partial charge in [0, 0.05) is 0 Å². The lowest BCUT2D eigenvalue weighted by atomic mass is 9.99. The quantitative estimate of drug-likeness (QED) is 0.413. The highest BCUT2D eigenvalue weighted by Crippen LogP contribution is 2.33. The van der Waals surface area contributed by atoms with Crippen LogP contribution in [0, 0.1) is 6.92 Å². The van der Waals surface area contributed by atoms with Crippen molar-refractivity contribution in [3.63, 3.8) is 0 Å². The minimum atomic E-state index is 0.862. The molecular weight excluding hydrogens is 296 g/mol. The van der Waals surface area contributed by atoms with Gasteiger partial charge in [0.05, 0.1) is 12.6 Å². The molecule has 3 aromatic carbocycles. The fourth-order valence-corrected chi connectivity index (χ4v) is 3.66. The van der Waals surface area contributed by atoms with Gasteiger partial charge in [0.25, 0.3) is 5.82 Å². The van der Waals surface area contributed by atoms with E-state index in [1.165, 1.54) is 21.9 Å². The van der Waals surface area contributed by atoms with E-state index in [1.807, 2.05) is 12.1 Å². The van der Waals surface area contributed by atoms with Gasteiger partial charge in [0.1, 0.15) is 0 Å². The Hall–Kier alpha value is -3.07. The summed E-state index contributed by atoms with van der Waals surface area (Å²) in [5.74, 6) is 1.14. The van der Waals surface area contributed by atoms with Gasteiger partial charge in [-0.2, -0.15) is 4.40 Å². The van der Waals surface area contributed by atoms with E-state index in [9.17, 15) is 0 Å². The predicted octanol–water partition coefficient (Wildman–Crippen LogP) is 4.64. The lowest BCUT2D eigenvalue weighted by Gasteiger charge is -2.07. The van der Waals surface area contributed by atoms with Crippen LogP contribution in [0.5, 0.6) is 0 Å². The molecule has 0 aliphatic carbocycles. The first-order valence-electron chi connectivity index (χ1n) is 8.11. The first-order chi connectivity index (χ1) is 11.7. The molecule has 3 heteroatoms. The molecule has 0 fully saturated rings. The average molecular weight is 313 g/mol. The van der Waals surface area contributed by atoms with Crippen LogP contribution in [0.15, 0.2) is 71.3 Å². The summed E-state index contributed by atoms with van der Waals surface area (Å²) >= 11 is 0. The molecule has 24 heavy (non-hydrogen) atoms. The van der Waals surface area contributed by atoms with Crippen LogP contribution in [0.25, 0.3) is 39.0 Å². The number of hydrogen-bond acceptors (Lipinski definition) is 1. The van der Waals surface area contributed by atoms with Gasteiger partial charge in [0.2, 0.25) is 0 Å². The molecule has 0 saturated heterocycles. The third-order valence-corrected chi connectivity index (χ3v) is 4.75. The molecule has 0 radical (unpaired) electrons. The molecule has 2 aromatic heterocycles. The van der Waals surface area contributed by atoms with Gasteiger partial charge in [-0.05, 0) is 35.4 Å². The Labute approximate surface area is 139 Å². The van der Waals surface area contributed by atoms with Gasteiger partial charge in [-0.1, -0.05) is 48.5 Å². The van der Waals surface area contributed by atoms with Crippen LogP contribution in [0.3, 0.4) is 0 Å². The maximum atomic E-state index is 6.03. The maximum Gasteiger partial charge on any atom is 0.336 e. The summed E-state index contributed by atoms with van der Waals surface area (Å²) in [6.45, 7) is 2.17. The van der Waals surface area contributed by atoms with E-state index >= 15 is 0 Å². The normalized spacial score (nSPS) is 11.8. The molecule has 0 unspecified atom stereocenters. The van der Waals surface area contributed by atoms with Crippen molar-refractivity contribution < 1.29 is 8.98 Å². The summed E-state index contributed by atoms with van der Waals surface area (Å²) in [5, 5.41) is 2.51. The summed E-state index contributed by atoms with van der Waals surface area (Å²) in [6, 6.07) is 21.1. The van der Waals surface area contributed by atoms with E-state index in [4.69, 9.17) is 4.42 Å². The topological polar surface area (TPSA) is 21.4 Å². The number of fused-ring (bicyclic) bond motifs is 4. The van der Waals surface area contributed by atoms with Gasteiger partial charge >= 0.3 is 5.71 Å². The van der Waals surface area contributed by atoms with Crippen LogP contribution in [0.2, 0.25) is 0 Å². The number of hydrogen-bond donors (Lipinski definition) is 0. The number of rotatable bonds is 1. The second kappa shape index (κ2) is 4.71. The van der Waals surface area contributed by atoms with Gasteiger partial charge in [-0.25, -0.2) is 4.57 Å². The molecule has 2 heterocycles. The molecule has 0 spiro atoms. The van der Waals surface area contributed by atoms with E-state index < -0.39 is 0 Å². The number of nitrogens with zero attached hydrogens (tertiary/aromatic N) is 2. The second-order valence-corrected chi connectivity index (χ2v) is 6.29. The maximum absolute atomic E-state index is 6.03. The Morgan fingerprint density at radius 1 is 0.917 bits per heavy atom. The SMILES string of the molecule is Cc1ccc2ccccc2c1-c1n2c(c[n+]1C)oc1ccccc12. The van der Waals surface area contributed by atoms with Crippen LogP contribution in [0.1, 0.15) is 5.56 Å². The summed E-state index contributed by atoms with van der Waals surface area (Å²) in [4.78, 5) is 0. The molecule has 0 aliphatic heterocycles. The van der Waals surface area contributed by atoms with Crippen molar-refractivity contribution >= 4 is 27.6 Å². The number of oxazole rings is 1. The third-order valence-electron chi connectivity index (χ3n) is 4.75. The largest absolute Gasteiger partial charge is 0.416 e. The Kier molecular flexibility index (Phi) is 2.63. The molecule has 3 nitrogen and oxygen atoms in total. The second-order valence-electron chi connectivity index (χ2n) is 6.29. The highest BCUT2D eigenvalue weighted by Gasteiger charge is 2.26. The molecule has 0 amide bonds. The zero-order valence-electron chi connectivity index (χ0n) is 13.7. The Morgan fingerprint density at radius 2 is 1.71 bits per heavy atom. The number of aryl methyl sites for hydroxylation is 2. The van der Waals surface area contributed by atoms with Gasteiger partial charge in [-0.15, -0.1) is 0 Å². The predicted molar refractivity (Wildman–Crippen MR) is 96.0 cm³/mol. The summed E-state index contributed by atoms with van der Waals surface area (Å²) in [6.07, 6.45) is 2.05. The van der Waals surface area contributed by atoms with E-state index in [0.717, 1.165) is 22.6 Å². The van der Waals surface area contributed by atoms with E-state index in [-0.39, 0.29) is 0 Å². The molecule has 5 rings (SSSR count). The van der Waals surface area contributed by atoms with Crippen molar-refractivity contribution in [3.05, 3.63) is 72.4 Å². The molecule has 0 atom stereocenters. The molecule has 5 aromatic rings. The standard InChI is InChI=1S/C21H17N2O/c1-14-11-12-15-7-3-4-8-16(15)20(14)21-22(2)13-19-23(21)17-9-5-6-10-18(17)24-19/h3-13H,1-2H3/q+1. The minimum Gasteiger partial charge on any atom is -0.416 e. The van der Waals surface area contributed by atoms with E-state index in [1.54, 1.807) is 0 Å². The molecular formula is C21H17N2O+. The van der Waals surface area contributed by atoms with Crippen molar-refractivity contribution in [1.82, 2.24) is 4.40 Å². The number of para-hydroxylation sites is 2. The highest BCUT2D eigenvalue weighted by atomic mass is 16.3. The summed E-state index contributed by atoms with van der Waals surface area (Å²) < 4.78 is 10.4. The molecule has 0 bridgehead atoms. The van der Waals surface area contributed by atoms with E-state index in [2.05, 4.69) is 77.7 Å². The van der Waals surface area contributed by atoms with Crippen molar-refractivity contribution in [3.8, 4) is 11.4 Å². The zero-order chi connectivity index (χ0) is 16.3. The van der Waals surface area contributed by atoms with Crippen LogP contribution >= 0.6 is 0 Å². The zero-order valence-corrected chi connectivity index (χ0v) is 13.7. The van der Waals surface area contributed by atoms with Gasteiger partial charge in [-0.3, -0.25) is 0 Å². The lowest BCUT2D eigenvalue weighted by molar-refractivity contribution is -0.658. The molecule has 0 saturated carbocycles. The molecule has 0 aliphatic rings. The van der Waals surface area contributed by atoms with Gasteiger partial charge in [0.15, 0.2) is 17.3 Å². The first kappa shape index (κ1) is 13.4. The van der Waals surface area contributed by atoms with Crippen LogP contribution in [-0.4, -0.2) is 4.40 Å². The lowest BCUT2D eigenvalue weighted by Crippen LogP contribution is -2.28. The Morgan fingerprint density at radius 3 is 2.62 bits per heavy atom. The van der Waals surface area contributed by atoms with Crippen LogP contribution < -0.4 is 4.57 Å². The number of aromatic nitrogens is 2. The van der Waals surface area contributed by atoms with Crippen LogP contribution in [-0.2, 0) is 7.05 Å². The van der Waals surface area contributed by atoms with Crippen molar-refractivity contribution in [2.24, 2.45) is 7.05 Å². The fraction of sp³-hybridized carbons (Fsp3) is 0.0952. The molecule has 116 valence electrons. The average Bonchev–Trinajstić information content (AvgIpc) is 3.10. The molecule has 0 N–H and O–H groups in total. The Bertz CT molecular complexity index is 1230. The fourth-order valence-electron chi connectivity index (χ4n) is 3.66. The minimum absolute atomic E-state index is 0.862. The monoisotopic (exact) mass is 313 g/mol. The van der Waals surface area contributed by atoms with Crippen molar-refractivity contribution in [2.75, 3.05) is 0 Å².